The number of nitrogens with one attached hydrogen (secondary N) is 1. The minimum absolute atomic E-state index is 0. The molecule has 0 unspecified atom stereocenters. The van der Waals surface area contributed by atoms with Gasteiger partial charge in [0, 0.05) is 6.04 Å². The van der Waals surface area contributed by atoms with Crippen LogP contribution in [0.2, 0.25) is 0 Å². The zero-order chi connectivity index (χ0) is 16.5. The molecular formula is C17H33Cl3N2. The van der Waals surface area contributed by atoms with E-state index in [2.05, 4.69) is 62.2 Å². The highest BCUT2D eigenvalue weighted by Crippen LogP contribution is 2.01. The van der Waals surface area contributed by atoms with Crippen LogP contribution in [0.5, 0.6) is 0 Å². The third kappa shape index (κ3) is 18.1. The Morgan fingerprint density at radius 1 is 1.00 bits per heavy atom. The van der Waals surface area contributed by atoms with Crippen molar-refractivity contribution >= 4 is 35.6 Å². The number of halogens is 3. The van der Waals surface area contributed by atoms with Gasteiger partial charge >= 0.3 is 0 Å². The lowest BCUT2D eigenvalue weighted by Crippen LogP contribution is -2.23. The second-order valence-corrected chi connectivity index (χ2v) is 5.41. The number of alkyl halides is 2. The fraction of sp³-hybridized carbons (Fsp3) is 0.647. The zero-order valence-corrected chi connectivity index (χ0v) is 16.9. The van der Waals surface area contributed by atoms with Gasteiger partial charge in [-0.1, -0.05) is 51.1 Å². The Labute approximate surface area is 154 Å². The van der Waals surface area contributed by atoms with E-state index in [1.165, 1.54) is 25.2 Å². The highest BCUT2D eigenvalue weighted by atomic mass is 35.5. The molecule has 0 heterocycles. The summed E-state index contributed by atoms with van der Waals surface area (Å²) >= 11 is 9.53. The molecule has 1 aromatic carbocycles. The number of rotatable bonds is 6. The molecule has 0 bridgehead atoms. The summed E-state index contributed by atoms with van der Waals surface area (Å²) in [6.07, 6.45) is 1.11. The topological polar surface area (TPSA) is 15.3 Å². The lowest BCUT2D eigenvalue weighted by atomic mass is 10.1. The summed E-state index contributed by atoms with van der Waals surface area (Å²) in [6.45, 7) is 12.3. The predicted octanol–water partition coefficient (Wildman–Crippen LogP) is 5.03. The van der Waals surface area contributed by atoms with Crippen molar-refractivity contribution in [2.45, 2.75) is 40.2 Å². The van der Waals surface area contributed by atoms with E-state index in [-0.39, 0.29) is 17.7 Å². The highest BCUT2D eigenvalue weighted by molar-refractivity contribution is 6.40. The van der Waals surface area contributed by atoms with Gasteiger partial charge in [0.1, 0.15) is 0 Å². The molecule has 1 aromatic rings. The largest absolute Gasteiger partial charge is 0.317 e. The van der Waals surface area contributed by atoms with Crippen LogP contribution < -0.4 is 5.32 Å². The number of hydrogen-bond donors (Lipinski definition) is 1. The maximum Gasteiger partial charge on any atom is 0.0967 e. The molecular weight excluding hydrogens is 339 g/mol. The number of nitrogens with zero attached hydrogens (tertiary/aromatic N) is 1. The summed E-state index contributed by atoms with van der Waals surface area (Å²) in [6, 6.07) is 11.1. The van der Waals surface area contributed by atoms with Crippen LogP contribution in [-0.4, -0.2) is 43.0 Å². The van der Waals surface area contributed by atoms with E-state index in [4.69, 9.17) is 23.2 Å². The van der Waals surface area contributed by atoms with Gasteiger partial charge in [-0.15, -0.1) is 35.6 Å². The molecule has 0 aliphatic rings. The molecule has 0 amide bonds. The van der Waals surface area contributed by atoms with E-state index in [0.29, 0.717) is 6.04 Å². The summed E-state index contributed by atoms with van der Waals surface area (Å²) in [4.78, 5) is 2.38. The average Bonchev–Trinajstić information content (AvgIpc) is 2.51. The molecule has 0 aromatic heterocycles. The summed E-state index contributed by atoms with van der Waals surface area (Å²) in [5.41, 5.74) is 1.40. The van der Waals surface area contributed by atoms with Crippen LogP contribution >= 0.6 is 35.6 Å². The van der Waals surface area contributed by atoms with Gasteiger partial charge in [-0.3, -0.25) is 0 Å². The first-order valence-electron chi connectivity index (χ1n) is 7.64. The summed E-state index contributed by atoms with van der Waals surface area (Å²) in [5, 5.41) is 3.41. The smallest absolute Gasteiger partial charge is 0.0967 e. The summed E-state index contributed by atoms with van der Waals surface area (Å²) < 4.78 is 0. The minimum Gasteiger partial charge on any atom is -0.317 e. The molecule has 0 fully saturated rings. The van der Waals surface area contributed by atoms with Crippen LogP contribution in [0.4, 0.5) is 0 Å². The molecule has 132 valence electrons. The minimum atomic E-state index is 0. The van der Waals surface area contributed by atoms with E-state index in [1.54, 1.807) is 0 Å². The van der Waals surface area contributed by atoms with Crippen LogP contribution in [-0.2, 0) is 6.42 Å². The SMILES string of the molecule is CCN(CC)CC.CN[C@@H](C)Cc1ccccc1.Cl.ClCCl. The van der Waals surface area contributed by atoms with Crippen LogP contribution in [0, 0.1) is 0 Å². The second-order valence-electron chi connectivity index (χ2n) is 4.60. The average molecular weight is 372 g/mol. The lowest BCUT2D eigenvalue weighted by Gasteiger charge is -2.13. The lowest BCUT2D eigenvalue weighted by molar-refractivity contribution is 0.321. The van der Waals surface area contributed by atoms with Gasteiger partial charge in [0.25, 0.3) is 0 Å². The molecule has 5 heteroatoms. The summed E-state index contributed by atoms with van der Waals surface area (Å²) in [5.74, 6) is 0. The third-order valence-electron chi connectivity index (χ3n) is 3.22. The molecule has 0 saturated carbocycles. The summed E-state index contributed by atoms with van der Waals surface area (Å²) in [7, 11) is 1.99. The first-order chi connectivity index (χ1) is 10.1. The van der Waals surface area contributed by atoms with E-state index >= 15 is 0 Å². The van der Waals surface area contributed by atoms with Gasteiger partial charge < -0.3 is 10.2 Å². The maximum atomic E-state index is 4.76. The Morgan fingerprint density at radius 3 is 1.68 bits per heavy atom. The van der Waals surface area contributed by atoms with E-state index in [1.807, 2.05) is 13.1 Å². The Hall–Kier alpha value is 0.01000. The van der Waals surface area contributed by atoms with Crippen molar-refractivity contribution in [1.29, 1.82) is 0 Å². The molecule has 0 radical (unpaired) electrons. The van der Waals surface area contributed by atoms with Crippen molar-refractivity contribution in [3.8, 4) is 0 Å². The van der Waals surface area contributed by atoms with Crippen LogP contribution in [0.1, 0.15) is 33.3 Å². The normalized spacial score (nSPS) is 10.5. The Balaban J connectivity index is -0.000000286. The van der Waals surface area contributed by atoms with E-state index in [0.717, 1.165) is 6.42 Å². The molecule has 1 atom stereocenters. The quantitative estimate of drug-likeness (QED) is 0.706. The predicted molar refractivity (Wildman–Crippen MR) is 106 cm³/mol. The highest BCUT2D eigenvalue weighted by Gasteiger charge is 1.97. The van der Waals surface area contributed by atoms with Crippen molar-refractivity contribution in [1.82, 2.24) is 10.2 Å². The first-order valence-corrected chi connectivity index (χ1v) is 8.71. The molecule has 2 nitrogen and oxygen atoms in total. The Morgan fingerprint density at radius 2 is 1.41 bits per heavy atom. The molecule has 1 N–H and O–H groups in total. The van der Waals surface area contributed by atoms with Gasteiger partial charge in [-0.2, -0.15) is 0 Å². The van der Waals surface area contributed by atoms with Crippen molar-refractivity contribution in [3.05, 3.63) is 35.9 Å². The van der Waals surface area contributed by atoms with Gasteiger partial charge in [-0.25, -0.2) is 0 Å². The van der Waals surface area contributed by atoms with Crippen LogP contribution in [0.15, 0.2) is 30.3 Å². The number of likely N-dealkylation sites (N-methyl/N-ethyl adjacent to an activating group) is 1. The standard InChI is InChI=1S/C10H15N.C6H15N.CH2Cl2.ClH/c1-9(11-2)8-10-6-4-3-5-7-10;1-4-7(5-2)6-3;2-1-3;/h3-7,9,11H,8H2,1-2H3;4-6H2,1-3H3;1H2;1H/t9-;;;/m0.../s1. The van der Waals surface area contributed by atoms with Crippen molar-refractivity contribution in [2.75, 3.05) is 32.0 Å². The van der Waals surface area contributed by atoms with Crippen molar-refractivity contribution in [3.63, 3.8) is 0 Å². The van der Waals surface area contributed by atoms with Crippen molar-refractivity contribution in [2.24, 2.45) is 0 Å². The molecule has 1 rings (SSSR count). The number of hydrogen-bond acceptors (Lipinski definition) is 2. The molecule has 0 spiro atoms. The maximum absolute atomic E-state index is 4.76. The molecule has 0 aliphatic carbocycles. The first kappa shape index (κ1) is 26.9. The van der Waals surface area contributed by atoms with E-state index in [9.17, 15) is 0 Å². The molecule has 0 aliphatic heterocycles. The van der Waals surface area contributed by atoms with Gasteiger partial charge in [0.05, 0.1) is 5.34 Å². The van der Waals surface area contributed by atoms with Gasteiger partial charge in [0.2, 0.25) is 0 Å². The van der Waals surface area contributed by atoms with Crippen LogP contribution in [0.3, 0.4) is 0 Å². The van der Waals surface area contributed by atoms with Crippen LogP contribution in [0.25, 0.3) is 0 Å². The fourth-order valence-electron chi connectivity index (χ4n) is 1.74. The molecule has 22 heavy (non-hydrogen) atoms. The van der Waals surface area contributed by atoms with E-state index < -0.39 is 0 Å². The zero-order valence-electron chi connectivity index (χ0n) is 14.6. The number of benzene rings is 1. The monoisotopic (exact) mass is 370 g/mol. The van der Waals surface area contributed by atoms with Crippen molar-refractivity contribution < 1.29 is 0 Å². The third-order valence-corrected chi connectivity index (χ3v) is 3.22. The Kier molecular flexibility index (Phi) is 25.7. The van der Waals surface area contributed by atoms with Gasteiger partial charge in [0.15, 0.2) is 0 Å². The Bertz CT molecular complexity index is 288. The van der Waals surface area contributed by atoms with Gasteiger partial charge in [-0.05, 0) is 45.6 Å². The second kappa shape index (κ2) is 21.0. The fourth-order valence-corrected chi connectivity index (χ4v) is 1.74. The molecule has 0 saturated heterocycles.